The second kappa shape index (κ2) is 13.0. The highest BCUT2D eigenvalue weighted by molar-refractivity contribution is 6.12. The molecule has 4 rings (SSSR count). The summed E-state index contributed by atoms with van der Waals surface area (Å²) in [6, 6.07) is 25.0. The normalized spacial score (nSPS) is 12.1. The van der Waals surface area contributed by atoms with Gasteiger partial charge in [-0.1, -0.05) is 68.5 Å². The van der Waals surface area contributed by atoms with Crippen molar-refractivity contribution in [3.05, 3.63) is 114 Å². The number of nitrogens with one attached hydrogen (secondary N) is 1. The summed E-state index contributed by atoms with van der Waals surface area (Å²) in [6.45, 7) is 4.39. The second-order valence-corrected chi connectivity index (χ2v) is 9.90. The third kappa shape index (κ3) is 6.74. The summed E-state index contributed by atoms with van der Waals surface area (Å²) in [6.07, 6.45) is 2.16. The molecule has 7 heteroatoms. The Morgan fingerprint density at radius 3 is 2.15 bits per heavy atom. The molecule has 0 aliphatic carbocycles. The molecule has 1 unspecified atom stereocenters. The number of anilines is 1. The Hall–Kier alpha value is -4.49. The third-order valence-corrected chi connectivity index (χ3v) is 6.64. The van der Waals surface area contributed by atoms with Crippen LogP contribution in [0.15, 0.2) is 97.1 Å². The summed E-state index contributed by atoms with van der Waals surface area (Å²) >= 11 is 0. The number of carboxylic acid groups (broad SMARTS) is 1. The molecule has 0 spiro atoms. The number of amides is 1. The Morgan fingerprint density at radius 1 is 0.925 bits per heavy atom. The molecular weight excluding hydrogens is 507 g/mol. The van der Waals surface area contributed by atoms with E-state index in [4.69, 9.17) is 5.11 Å². The predicted molar refractivity (Wildman–Crippen MR) is 156 cm³/mol. The maximum Gasteiger partial charge on any atom is 0.327 e. The van der Waals surface area contributed by atoms with E-state index in [9.17, 15) is 19.1 Å². The Balaban J connectivity index is 1.92. The predicted octanol–water partition coefficient (Wildman–Crippen LogP) is 7.12. The highest BCUT2D eigenvalue weighted by Crippen LogP contribution is 2.42. The summed E-state index contributed by atoms with van der Waals surface area (Å²) in [5, 5.41) is 22.6. The van der Waals surface area contributed by atoms with Crippen molar-refractivity contribution in [1.82, 2.24) is 4.57 Å². The molecule has 1 atom stereocenters. The minimum Gasteiger partial charge on any atom is -0.478 e. The van der Waals surface area contributed by atoms with Gasteiger partial charge < -0.3 is 20.1 Å². The van der Waals surface area contributed by atoms with Crippen molar-refractivity contribution in [3.63, 3.8) is 0 Å². The molecule has 0 aliphatic heterocycles. The van der Waals surface area contributed by atoms with Crippen LogP contribution in [0.1, 0.15) is 48.7 Å². The number of carbonyl (C=O) groups excluding carboxylic acids is 1. The standard InChI is InChI=1S/C33H33FN2O4/c1-22(2)31-30(33(40)35-26-12-7-4-8-13-26)29(23-10-5-3-6-11-23)32(24-16-18-25(34)19-17-24)36(31)21-20-27(37)14-9-15-28(38)39/h3-13,15-19,22,27,37H,14,20-21H2,1-2H3,(H,35,40)(H,38,39). The van der Waals surface area contributed by atoms with Crippen LogP contribution < -0.4 is 5.32 Å². The Kier molecular flexibility index (Phi) is 9.30. The van der Waals surface area contributed by atoms with Gasteiger partial charge in [-0.05, 0) is 66.3 Å². The lowest BCUT2D eigenvalue weighted by Crippen LogP contribution is -2.17. The molecule has 0 saturated heterocycles. The van der Waals surface area contributed by atoms with Gasteiger partial charge in [-0.25, -0.2) is 9.18 Å². The quantitative estimate of drug-likeness (QED) is 0.177. The van der Waals surface area contributed by atoms with E-state index in [1.165, 1.54) is 18.2 Å². The molecule has 3 N–H and O–H groups in total. The van der Waals surface area contributed by atoms with Crippen molar-refractivity contribution < 1.29 is 24.2 Å². The number of para-hydroxylation sites is 1. The average molecular weight is 541 g/mol. The van der Waals surface area contributed by atoms with Crippen LogP contribution in [0, 0.1) is 5.82 Å². The van der Waals surface area contributed by atoms with Crippen LogP contribution in [-0.2, 0) is 11.3 Å². The van der Waals surface area contributed by atoms with Gasteiger partial charge in [-0.3, -0.25) is 4.79 Å². The smallest absolute Gasteiger partial charge is 0.327 e. The molecule has 6 nitrogen and oxygen atoms in total. The number of aliphatic hydroxyl groups excluding tert-OH is 1. The minimum atomic E-state index is -1.07. The summed E-state index contributed by atoms with van der Waals surface area (Å²) in [5.74, 6) is -1.77. The van der Waals surface area contributed by atoms with Crippen LogP contribution in [0.3, 0.4) is 0 Å². The first-order valence-corrected chi connectivity index (χ1v) is 13.3. The molecule has 0 radical (unpaired) electrons. The van der Waals surface area contributed by atoms with Gasteiger partial charge in [0.15, 0.2) is 0 Å². The number of hydrogen-bond donors (Lipinski definition) is 3. The summed E-state index contributed by atoms with van der Waals surface area (Å²) < 4.78 is 16.0. The molecule has 0 saturated carbocycles. The summed E-state index contributed by atoms with van der Waals surface area (Å²) in [5.41, 5.74) is 5.03. The van der Waals surface area contributed by atoms with Gasteiger partial charge in [0.25, 0.3) is 5.91 Å². The number of benzene rings is 3. The van der Waals surface area contributed by atoms with Crippen LogP contribution in [0.4, 0.5) is 10.1 Å². The molecule has 0 fully saturated rings. The lowest BCUT2D eigenvalue weighted by atomic mass is 9.94. The molecular formula is C33H33FN2O4. The third-order valence-electron chi connectivity index (χ3n) is 6.64. The molecule has 206 valence electrons. The number of rotatable bonds is 11. The lowest BCUT2D eigenvalue weighted by Gasteiger charge is -2.19. The van der Waals surface area contributed by atoms with E-state index < -0.39 is 12.1 Å². The molecule has 3 aromatic carbocycles. The van der Waals surface area contributed by atoms with Gasteiger partial charge >= 0.3 is 5.97 Å². The fraction of sp³-hybridized carbons (Fsp3) is 0.212. The topological polar surface area (TPSA) is 91.6 Å². The fourth-order valence-corrected chi connectivity index (χ4v) is 4.93. The maximum absolute atomic E-state index is 14.0. The van der Waals surface area contributed by atoms with E-state index in [0.717, 1.165) is 34.2 Å². The molecule has 1 aromatic heterocycles. The Bertz CT molecular complexity index is 1480. The molecule has 40 heavy (non-hydrogen) atoms. The summed E-state index contributed by atoms with van der Waals surface area (Å²) in [7, 11) is 0. The SMILES string of the molecule is CC(C)c1c(C(=O)Nc2ccccc2)c(-c2ccccc2)c(-c2ccc(F)cc2)n1CCC(O)CC=CC(=O)O. The van der Waals surface area contributed by atoms with Crippen LogP contribution in [-0.4, -0.2) is 32.8 Å². The minimum absolute atomic E-state index is 0.0720. The van der Waals surface area contributed by atoms with E-state index >= 15 is 0 Å². The van der Waals surface area contributed by atoms with E-state index in [1.807, 2.05) is 79.1 Å². The highest BCUT2D eigenvalue weighted by Gasteiger charge is 2.30. The largest absolute Gasteiger partial charge is 0.478 e. The van der Waals surface area contributed by atoms with E-state index in [-0.39, 0.29) is 24.1 Å². The molecule has 0 bridgehead atoms. The first kappa shape index (κ1) is 28.5. The van der Waals surface area contributed by atoms with Gasteiger partial charge in [0.2, 0.25) is 0 Å². The number of nitrogens with zero attached hydrogens (tertiary/aromatic N) is 1. The van der Waals surface area contributed by atoms with E-state index in [2.05, 4.69) is 5.32 Å². The number of hydrogen-bond acceptors (Lipinski definition) is 3. The van der Waals surface area contributed by atoms with Crippen molar-refractivity contribution in [2.75, 3.05) is 5.32 Å². The first-order valence-electron chi connectivity index (χ1n) is 13.3. The van der Waals surface area contributed by atoms with E-state index in [0.29, 0.717) is 24.2 Å². The zero-order chi connectivity index (χ0) is 28.6. The molecule has 4 aromatic rings. The van der Waals surface area contributed by atoms with Crippen LogP contribution in [0.2, 0.25) is 0 Å². The molecule has 0 aliphatic rings. The first-order chi connectivity index (χ1) is 19.3. The maximum atomic E-state index is 14.0. The average Bonchev–Trinajstić information content (AvgIpc) is 3.29. The van der Waals surface area contributed by atoms with E-state index in [1.54, 1.807) is 12.1 Å². The number of carboxylic acids is 1. The number of halogens is 1. The van der Waals surface area contributed by atoms with Gasteiger partial charge in [-0.15, -0.1) is 0 Å². The fourth-order valence-electron chi connectivity index (χ4n) is 4.93. The number of aliphatic carboxylic acids is 1. The monoisotopic (exact) mass is 540 g/mol. The zero-order valence-corrected chi connectivity index (χ0v) is 22.5. The van der Waals surface area contributed by atoms with Crippen molar-refractivity contribution in [1.29, 1.82) is 0 Å². The van der Waals surface area contributed by atoms with Gasteiger partial charge in [0, 0.05) is 29.6 Å². The summed E-state index contributed by atoms with van der Waals surface area (Å²) in [4.78, 5) is 24.9. The Labute approximate surface area is 233 Å². The van der Waals surface area contributed by atoms with Crippen molar-refractivity contribution in [3.8, 4) is 22.4 Å². The van der Waals surface area contributed by atoms with Crippen molar-refractivity contribution in [2.24, 2.45) is 0 Å². The number of aliphatic hydroxyl groups is 1. The van der Waals surface area contributed by atoms with Gasteiger partial charge in [0.1, 0.15) is 5.82 Å². The number of carbonyl (C=O) groups is 2. The van der Waals surface area contributed by atoms with Crippen LogP contribution in [0.5, 0.6) is 0 Å². The molecule has 1 heterocycles. The zero-order valence-electron chi connectivity index (χ0n) is 22.5. The molecule has 1 amide bonds. The van der Waals surface area contributed by atoms with Crippen LogP contribution >= 0.6 is 0 Å². The highest BCUT2D eigenvalue weighted by atomic mass is 19.1. The van der Waals surface area contributed by atoms with Gasteiger partial charge in [-0.2, -0.15) is 0 Å². The van der Waals surface area contributed by atoms with Crippen molar-refractivity contribution >= 4 is 17.6 Å². The van der Waals surface area contributed by atoms with Gasteiger partial charge in [0.05, 0.1) is 17.4 Å². The Morgan fingerprint density at radius 2 is 1.55 bits per heavy atom. The van der Waals surface area contributed by atoms with Crippen molar-refractivity contribution in [2.45, 2.75) is 45.3 Å². The second-order valence-electron chi connectivity index (χ2n) is 9.90. The van der Waals surface area contributed by atoms with Crippen LogP contribution in [0.25, 0.3) is 22.4 Å². The lowest BCUT2D eigenvalue weighted by molar-refractivity contribution is -0.131. The number of aromatic nitrogens is 1.